The molecule has 0 aromatic carbocycles. The third-order valence-electron chi connectivity index (χ3n) is 2.93. The second kappa shape index (κ2) is 8.83. The lowest BCUT2D eigenvalue weighted by molar-refractivity contribution is -0.251. The molecule has 1 aliphatic heterocycles. The molecule has 2 unspecified atom stereocenters. The Kier molecular flexibility index (Phi) is 7.72. The number of methoxy groups -OCH3 is 2. The van der Waals surface area contributed by atoms with Gasteiger partial charge in [-0.15, -0.1) is 0 Å². The molecule has 0 aliphatic carbocycles. The van der Waals surface area contributed by atoms with Crippen molar-refractivity contribution in [3.63, 3.8) is 0 Å². The second-order valence-corrected chi connectivity index (χ2v) is 4.24. The molecule has 5 heteroatoms. The van der Waals surface area contributed by atoms with Gasteiger partial charge in [0.2, 0.25) is 0 Å². The average molecular weight is 247 g/mol. The number of hydrogen-bond acceptors (Lipinski definition) is 5. The Bertz CT molecular complexity index is 181. The third kappa shape index (κ3) is 5.31. The zero-order valence-electron chi connectivity index (χ0n) is 10.9. The van der Waals surface area contributed by atoms with Crippen molar-refractivity contribution in [3.05, 3.63) is 0 Å². The van der Waals surface area contributed by atoms with Crippen LogP contribution in [0.2, 0.25) is 0 Å². The molecule has 17 heavy (non-hydrogen) atoms. The number of hydrogen-bond donors (Lipinski definition) is 1. The molecule has 0 radical (unpaired) electrons. The maximum atomic E-state index is 5.91. The lowest BCUT2D eigenvalue weighted by atomic mass is 10.1. The van der Waals surface area contributed by atoms with Crippen LogP contribution in [0.5, 0.6) is 0 Å². The van der Waals surface area contributed by atoms with Crippen LogP contribution in [0.3, 0.4) is 0 Å². The number of rotatable bonds is 8. The fourth-order valence-corrected chi connectivity index (χ4v) is 2.00. The summed E-state index contributed by atoms with van der Waals surface area (Å²) in [5.74, 6) is 0. The highest BCUT2D eigenvalue weighted by atomic mass is 16.7. The van der Waals surface area contributed by atoms with Crippen LogP contribution in [-0.2, 0) is 18.9 Å². The lowest BCUT2D eigenvalue weighted by Gasteiger charge is -2.31. The van der Waals surface area contributed by atoms with E-state index in [0.29, 0.717) is 6.54 Å². The van der Waals surface area contributed by atoms with Gasteiger partial charge in [0, 0.05) is 20.8 Å². The maximum absolute atomic E-state index is 5.91. The topological polar surface area (TPSA) is 62.9 Å². The molecular weight excluding hydrogens is 222 g/mol. The van der Waals surface area contributed by atoms with E-state index in [2.05, 4.69) is 0 Å². The fourth-order valence-electron chi connectivity index (χ4n) is 2.00. The van der Waals surface area contributed by atoms with E-state index >= 15 is 0 Å². The summed E-state index contributed by atoms with van der Waals surface area (Å²) in [7, 11) is 3.24. The first-order valence-corrected chi connectivity index (χ1v) is 6.34. The Morgan fingerprint density at radius 1 is 1.29 bits per heavy atom. The van der Waals surface area contributed by atoms with Gasteiger partial charge in [-0.3, -0.25) is 0 Å². The van der Waals surface area contributed by atoms with Gasteiger partial charge in [0.1, 0.15) is 6.10 Å². The van der Waals surface area contributed by atoms with Crippen molar-refractivity contribution < 1.29 is 18.9 Å². The quantitative estimate of drug-likeness (QED) is 0.654. The second-order valence-electron chi connectivity index (χ2n) is 4.24. The molecular formula is C12H25NO4. The standard InChI is InChI=1S/C12H25NO4/c1-14-12(15-2)10(6-5-8-13)17-11-7-3-4-9-16-11/h10-12H,3-9,13H2,1-2H3. The van der Waals surface area contributed by atoms with Gasteiger partial charge < -0.3 is 24.7 Å². The Morgan fingerprint density at radius 3 is 2.59 bits per heavy atom. The summed E-state index contributed by atoms with van der Waals surface area (Å²) in [4.78, 5) is 0. The summed E-state index contributed by atoms with van der Waals surface area (Å²) in [5, 5.41) is 0. The van der Waals surface area contributed by atoms with Crippen LogP contribution in [0.25, 0.3) is 0 Å². The van der Waals surface area contributed by atoms with E-state index in [1.54, 1.807) is 14.2 Å². The zero-order valence-corrected chi connectivity index (χ0v) is 10.9. The van der Waals surface area contributed by atoms with Crippen LogP contribution in [0.4, 0.5) is 0 Å². The first-order valence-electron chi connectivity index (χ1n) is 6.34. The van der Waals surface area contributed by atoms with Crippen LogP contribution in [0, 0.1) is 0 Å². The van der Waals surface area contributed by atoms with Gasteiger partial charge in [-0.1, -0.05) is 0 Å². The molecule has 0 aromatic rings. The smallest absolute Gasteiger partial charge is 0.183 e. The molecule has 5 nitrogen and oxygen atoms in total. The Morgan fingerprint density at radius 2 is 2.06 bits per heavy atom. The minimum Gasteiger partial charge on any atom is -0.353 e. The molecule has 1 aliphatic rings. The van der Waals surface area contributed by atoms with Crippen LogP contribution >= 0.6 is 0 Å². The lowest BCUT2D eigenvalue weighted by Crippen LogP contribution is -2.38. The van der Waals surface area contributed by atoms with Crippen molar-refractivity contribution in [2.75, 3.05) is 27.4 Å². The van der Waals surface area contributed by atoms with Gasteiger partial charge >= 0.3 is 0 Å². The summed E-state index contributed by atoms with van der Waals surface area (Å²) >= 11 is 0. The largest absolute Gasteiger partial charge is 0.353 e. The SMILES string of the molecule is COC(OC)C(CCCN)OC1CCCCO1. The van der Waals surface area contributed by atoms with Crippen LogP contribution in [-0.4, -0.2) is 46.1 Å². The molecule has 2 N–H and O–H groups in total. The average Bonchev–Trinajstić information content (AvgIpc) is 2.38. The Hall–Kier alpha value is -0.200. The Balaban J connectivity index is 2.42. The molecule has 102 valence electrons. The molecule has 1 saturated heterocycles. The summed E-state index contributed by atoms with van der Waals surface area (Å²) < 4.78 is 22.0. The van der Waals surface area contributed by atoms with Crippen molar-refractivity contribution in [2.24, 2.45) is 5.73 Å². The van der Waals surface area contributed by atoms with E-state index in [0.717, 1.165) is 38.7 Å². The molecule has 2 atom stereocenters. The molecule has 0 bridgehead atoms. The molecule has 0 spiro atoms. The first kappa shape index (κ1) is 14.9. The highest BCUT2D eigenvalue weighted by Gasteiger charge is 2.26. The van der Waals surface area contributed by atoms with E-state index in [1.807, 2.05) is 0 Å². The van der Waals surface area contributed by atoms with Crippen molar-refractivity contribution in [1.29, 1.82) is 0 Å². The molecule has 0 saturated carbocycles. The summed E-state index contributed by atoms with van der Waals surface area (Å²) in [6.45, 7) is 1.42. The third-order valence-corrected chi connectivity index (χ3v) is 2.93. The van der Waals surface area contributed by atoms with Crippen molar-refractivity contribution >= 4 is 0 Å². The minimum absolute atomic E-state index is 0.114. The molecule has 0 aromatic heterocycles. The predicted molar refractivity (Wildman–Crippen MR) is 64.6 cm³/mol. The predicted octanol–water partition coefficient (Wildman–Crippen LogP) is 1.26. The highest BCUT2D eigenvalue weighted by molar-refractivity contribution is 4.66. The molecule has 1 fully saturated rings. The molecule has 0 amide bonds. The summed E-state index contributed by atoms with van der Waals surface area (Å²) in [5.41, 5.74) is 5.52. The maximum Gasteiger partial charge on any atom is 0.183 e. The van der Waals surface area contributed by atoms with Gasteiger partial charge in [-0.25, -0.2) is 0 Å². The normalized spacial score (nSPS) is 22.9. The van der Waals surface area contributed by atoms with Gasteiger partial charge in [0.05, 0.1) is 0 Å². The van der Waals surface area contributed by atoms with Gasteiger partial charge in [-0.2, -0.15) is 0 Å². The van der Waals surface area contributed by atoms with Crippen LogP contribution < -0.4 is 5.73 Å². The number of nitrogens with two attached hydrogens (primary N) is 1. The molecule has 1 heterocycles. The summed E-state index contributed by atoms with van der Waals surface area (Å²) in [6.07, 6.45) is 4.33. The Labute approximate surface area is 104 Å². The van der Waals surface area contributed by atoms with Gasteiger partial charge in [0.15, 0.2) is 12.6 Å². The van der Waals surface area contributed by atoms with E-state index in [4.69, 9.17) is 24.7 Å². The number of ether oxygens (including phenoxy) is 4. The highest BCUT2D eigenvalue weighted by Crippen LogP contribution is 2.20. The van der Waals surface area contributed by atoms with Crippen molar-refractivity contribution in [3.8, 4) is 0 Å². The van der Waals surface area contributed by atoms with Crippen LogP contribution in [0.1, 0.15) is 32.1 Å². The van der Waals surface area contributed by atoms with Crippen LogP contribution in [0.15, 0.2) is 0 Å². The first-order chi connectivity index (χ1) is 8.31. The van der Waals surface area contributed by atoms with Crippen molar-refractivity contribution in [2.45, 2.75) is 50.8 Å². The monoisotopic (exact) mass is 247 g/mol. The van der Waals surface area contributed by atoms with Gasteiger partial charge in [0.25, 0.3) is 0 Å². The minimum atomic E-state index is -0.355. The van der Waals surface area contributed by atoms with E-state index in [1.165, 1.54) is 0 Å². The zero-order chi connectivity index (χ0) is 12.5. The van der Waals surface area contributed by atoms with Gasteiger partial charge in [-0.05, 0) is 38.6 Å². The fraction of sp³-hybridized carbons (Fsp3) is 1.00. The molecule has 1 rings (SSSR count). The summed E-state index contributed by atoms with van der Waals surface area (Å²) in [6, 6.07) is 0. The van der Waals surface area contributed by atoms with E-state index in [9.17, 15) is 0 Å². The van der Waals surface area contributed by atoms with E-state index < -0.39 is 0 Å². The van der Waals surface area contributed by atoms with Crippen molar-refractivity contribution in [1.82, 2.24) is 0 Å². The van der Waals surface area contributed by atoms with E-state index in [-0.39, 0.29) is 18.7 Å².